The van der Waals surface area contributed by atoms with Gasteiger partial charge in [-0.15, -0.1) is 0 Å². The van der Waals surface area contributed by atoms with Crippen LogP contribution < -0.4 is 15.2 Å². The second kappa shape index (κ2) is 7.88. The van der Waals surface area contributed by atoms with Crippen LogP contribution in [0.3, 0.4) is 0 Å². The molecule has 0 aliphatic carbocycles. The van der Waals surface area contributed by atoms with E-state index in [0.717, 1.165) is 12.0 Å². The number of hydrogen-bond acceptors (Lipinski definition) is 5. The van der Waals surface area contributed by atoms with Gasteiger partial charge in [0.05, 0.1) is 19.1 Å². The lowest BCUT2D eigenvalue weighted by molar-refractivity contribution is -0.152. The smallest absolute Gasteiger partial charge is 0.314 e. The molecule has 0 bridgehead atoms. The first-order valence-corrected chi connectivity index (χ1v) is 7.11. The standard InChI is InChI=1S/C16H25NO4/c1-5-20-14-10-12(8-9-17)6-7-13(14)21-11-16(2,3)15(18)19-4/h6-7,10H,5,8-9,11,17H2,1-4H3. The molecule has 0 amide bonds. The Labute approximate surface area is 126 Å². The monoisotopic (exact) mass is 295 g/mol. The minimum atomic E-state index is -0.714. The van der Waals surface area contributed by atoms with Crippen LogP contribution in [0.5, 0.6) is 11.5 Å². The van der Waals surface area contributed by atoms with Crippen molar-refractivity contribution in [3.63, 3.8) is 0 Å². The lowest BCUT2D eigenvalue weighted by atomic mass is 9.95. The molecule has 0 heterocycles. The van der Waals surface area contributed by atoms with E-state index in [4.69, 9.17) is 19.9 Å². The van der Waals surface area contributed by atoms with Crippen LogP contribution in [0.2, 0.25) is 0 Å². The van der Waals surface area contributed by atoms with Gasteiger partial charge in [-0.1, -0.05) is 6.07 Å². The molecule has 1 aromatic carbocycles. The fourth-order valence-corrected chi connectivity index (χ4v) is 1.86. The molecular formula is C16H25NO4. The summed E-state index contributed by atoms with van der Waals surface area (Å²) in [5, 5.41) is 0. The van der Waals surface area contributed by atoms with Crippen molar-refractivity contribution in [3.05, 3.63) is 23.8 Å². The molecule has 0 radical (unpaired) electrons. The van der Waals surface area contributed by atoms with Crippen molar-refractivity contribution >= 4 is 5.97 Å². The predicted octanol–water partition coefficient (Wildman–Crippen LogP) is 2.16. The van der Waals surface area contributed by atoms with E-state index in [0.29, 0.717) is 24.7 Å². The molecule has 5 heteroatoms. The molecule has 0 atom stereocenters. The van der Waals surface area contributed by atoms with Crippen molar-refractivity contribution < 1.29 is 19.0 Å². The van der Waals surface area contributed by atoms with E-state index in [1.54, 1.807) is 13.8 Å². The highest BCUT2D eigenvalue weighted by atomic mass is 16.5. The maximum Gasteiger partial charge on any atom is 0.314 e. The summed E-state index contributed by atoms with van der Waals surface area (Å²) in [6.45, 7) is 6.82. The number of carbonyl (C=O) groups is 1. The average molecular weight is 295 g/mol. The predicted molar refractivity (Wildman–Crippen MR) is 81.7 cm³/mol. The quantitative estimate of drug-likeness (QED) is 0.744. The Bertz CT molecular complexity index is 471. The van der Waals surface area contributed by atoms with Gasteiger partial charge in [-0.25, -0.2) is 0 Å². The second-order valence-electron chi connectivity index (χ2n) is 5.42. The zero-order valence-corrected chi connectivity index (χ0v) is 13.3. The van der Waals surface area contributed by atoms with E-state index in [2.05, 4.69) is 0 Å². The summed E-state index contributed by atoms with van der Waals surface area (Å²) in [7, 11) is 1.37. The molecule has 0 aromatic heterocycles. The van der Waals surface area contributed by atoms with Crippen LogP contribution in [0, 0.1) is 5.41 Å². The number of hydrogen-bond donors (Lipinski definition) is 1. The maximum atomic E-state index is 11.7. The van der Waals surface area contributed by atoms with Crippen molar-refractivity contribution in [1.82, 2.24) is 0 Å². The highest BCUT2D eigenvalue weighted by Crippen LogP contribution is 2.30. The van der Waals surface area contributed by atoms with Crippen molar-refractivity contribution in [2.45, 2.75) is 27.2 Å². The molecule has 0 aliphatic heterocycles. The van der Waals surface area contributed by atoms with Crippen LogP contribution in [0.4, 0.5) is 0 Å². The fourth-order valence-electron chi connectivity index (χ4n) is 1.86. The van der Waals surface area contributed by atoms with E-state index in [1.807, 2.05) is 25.1 Å². The topological polar surface area (TPSA) is 70.8 Å². The van der Waals surface area contributed by atoms with E-state index in [-0.39, 0.29) is 12.6 Å². The third kappa shape index (κ3) is 4.93. The molecule has 2 N–H and O–H groups in total. The van der Waals surface area contributed by atoms with Gasteiger partial charge < -0.3 is 19.9 Å². The first-order valence-electron chi connectivity index (χ1n) is 7.11. The van der Waals surface area contributed by atoms with Gasteiger partial charge in [0.15, 0.2) is 11.5 Å². The van der Waals surface area contributed by atoms with E-state index < -0.39 is 5.41 Å². The lowest BCUT2D eigenvalue weighted by Gasteiger charge is -2.22. The number of nitrogens with two attached hydrogens (primary N) is 1. The Kier molecular flexibility index (Phi) is 6.49. The SMILES string of the molecule is CCOc1cc(CCN)ccc1OCC(C)(C)C(=O)OC. The number of esters is 1. The summed E-state index contributed by atoms with van der Waals surface area (Å²) in [6, 6.07) is 5.73. The van der Waals surface area contributed by atoms with Crippen molar-refractivity contribution in [2.24, 2.45) is 11.1 Å². The van der Waals surface area contributed by atoms with Crippen molar-refractivity contribution in [2.75, 3.05) is 26.9 Å². The number of methoxy groups -OCH3 is 1. The van der Waals surface area contributed by atoms with Crippen molar-refractivity contribution in [3.8, 4) is 11.5 Å². The highest BCUT2D eigenvalue weighted by Gasteiger charge is 2.30. The van der Waals surface area contributed by atoms with Crippen LogP contribution in [0.25, 0.3) is 0 Å². The minimum Gasteiger partial charge on any atom is -0.490 e. The Morgan fingerprint density at radius 3 is 2.52 bits per heavy atom. The van der Waals surface area contributed by atoms with Crippen molar-refractivity contribution in [1.29, 1.82) is 0 Å². The summed E-state index contributed by atoms with van der Waals surface area (Å²) in [6.07, 6.45) is 0.786. The van der Waals surface area contributed by atoms with E-state index in [9.17, 15) is 4.79 Å². The van der Waals surface area contributed by atoms with Gasteiger partial charge in [-0.2, -0.15) is 0 Å². The number of benzene rings is 1. The number of ether oxygens (including phenoxy) is 3. The molecule has 0 saturated heterocycles. The third-order valence-electron chi connectivity index (χ3n) is 3.07. The average Bonchev–Trinajstić information content (AvgIpc) is 2.46. The van der Waals surface area contributed by atoms with Crippen LogP contribution in [-0.4, -0.2) is 32.8 Å². The van der Waals surface area contributed by atoms with Gasteiger partial charge in [-0.05, 0) is 51.4 Å². The Hall–Kier alpha value is -1.75. The molecule has 0 spiro atoms. The molecule has 0 unspecified atom stereocenters. The molecule has 0 aliphatic rings. The minimum absolute atomic E-state index is 0.218. The number of carbonyl (C=O) groups excluding carboxylic acids is 1. The second-order valence-corrected chi connectivity index (χ2v) is 5.42. The molecule has 5 nitrogen and oxygen atoms in total. The van der Waals surface area contributed by atoms with Crippen LogP contribution >= 0.6 is 0 Å². The Balaban J connectivity index is 2.84. The molecule has 1 rings (SSSR count). The third-order valence-corrected chi connectivity index (χ3v) is 3.07. The zero-order valence-electron chi connectivity index (χ0n) is 13.3. The summed E-state index contributed by atoms with van der Waals surface area (Å²) >= 11 is 0. The zero-order chi connectivity index (χ0) is 15.9. The molecule has 21 heavy (non-hydrogen) atoms. The molecule has 118 valence electrons. The first kappa shape index (κ1) is 17.3. The summed E-state index contributed by atoms with van der Waals surface area (Å²) < 4.78 is 16.1. The Morgan fingerprint density at radius 1 is 1.24 bits per heavy atom. The molecular weight excluding hydrogens is 270 g/mol. The van der Waals surface area contributed by atoms with Crippen LogP contribution in [0.1, 0.15) is 26.3 Å². The largest absolute Gasteiger partial charge is 0.490 e. The van der Waals surface area contributed by atoms with Gasteiger partial charge in [0.25, 0.3) is 0 Å². The van der Waals surface area contributed by atoms with Crippen LogP contribution in [0.15, 0.2) is 18.2 Å². The van der Waals surface area contributed by atoms with Gasteiger partial charge in [-0.3, -0.25) is 4.79 Å². The summed E-state index contributed by atoms with van der Waals surface area (Å²) in [4.78, 5) is 11.7. The fraction of sp³-hybridized carbons (Fsp3) is 0.562. The van der Waals surface area contributed by atoms with Crippen LogP contribution in [-0.2, 0) is 16.0 Å². The van der Waals surface area contributed by atoms with Gasteiger partial charge >= 0.3 is 5.97 Å². The van der Waals surface area contributed by atoms with E-state index >= 15 is 0 Å². The normalized spacial score (nSPS) is 11.1. The first-order chi connectivity index (χ1) is 9.94. The summed E-state index contributed by atoms with van der Waals surface area (Å²) in [5.74, 6) is 0.985. The molecule has 1 aromatic rings. The van der Waals surface area contributed by atoms with Gasteiger partial charge in [0, 0.05) is 0 Å². The van der Waals surface area contributed by atoms with Gasteiger partial charge in [0.1, 0.15) is 6.61 Å². The maximum absolute atomic E-state index is 11.7. The lowest BCUT2D eigenvalue weighted by Crippen LogP contribution is -2.32. The van der Waals surface area contributed by atoms with E-state index in [1.165, 1.54) is 7.11 Å². The number of rotatable bonds is 8. The molecule has 0 fully saturated rings. The Morgan fingerprint density at radius 2 is 1.95 bits per heavy atom. The summed E-state index contributed by atoms with van der Waals surface area (Å²) in [5.41, 5.74) is 5.95. The molecule has 0 saturated carbocycles. The highest BCUT2D eigenvalue weighted by molar-refractivity contribution is 5.75. The van der Waals surface area contributed by atoms with Gasteiger partial charge in [0.2, 0.25) is 0 Å².